The average Bonchev–Trinajstić information content (AvgIpc) is 2.89. The van der Waals surface area contributed by atoms with Crippen LogP contribution >= 0.6 is 0 Å². The van der Waals surface area contributed by atoms with E-state index in [1.807, 2.05) is 0 Å². The van der Waals surface area contributed by atoms with E-state index in [1.54, 1.807) is 37.3 Å². The standard InChI is InChI=1S/C30H30O7/c1-20(2)29(33)36-25-14-9-22(10-15-25)11-18-27(31)23-12-16-26(17-13-23)37-30(34)21(3)19-28(32)35-24-7-5-4-6-8-24/h9-18,24H,1,3-8,19H2,2H3/b18-11+. The van der Waals surface area contributed by atoms with E-state index in [4.69, 9.17) is 14.2 Å². The Morgan fingerprint density at radius 1 is 0.838 bits per heavy atom. The van der Waals surface area contributed by atoms with Gasteiger partial charge in [0.05, 0.1) is 6.42 Å². The number of hydrogen-bond acceptors (Lipinski definition) is 7. The van der Waals surface area contributed by atoms with Crippen LogP contribution in [-0.2, 0) is 19.1 Å². The van der Waals surface area contributed by atoms with Crippen molar-refractivity contribution < 1.29 is 33.4 Å². The van der Waals surface area contributed by atoms with Crippen LogP contribution in [0.3, 0.4) is 0 Å². The molecule has 0 N–H and O–H groups in total. The number of rotatable bonds is 10. The Balaban J connectivity index is 1.48. The van der Waals surface area contributed by atoms with E-state index in [-0.39, 0.29) is 29.6 Å². The van der Waals surface area contributed by atoms with E-state index in [0.717, 1.165) is 37.7 Å². The van der Waals surface area contributed by atoms with Crippen molar-refractivity contribution in [1.82, 2.24) is 0 Å². The smallest absolute Gasteiger partial charge is 0.339 e. The maximum atomic E-state index is 12.5. The molecular formula is C30H30O7. The van der Waals surface area contributed by atoms with Gasteiger partial charge in [0.15, 0.2) is 5.78 Å². The van der Waals surface area contributed by atoms with E-state index >= 15 is 0 Å². The average molecular weight is 503 g/mol. The van der Waals surface area contributed by atoms with Crippen molar-refractivity contribution in [2.75, 3.05) is 0 Å². The van der Waals surface area contributed by atoms with E-state index in [0.29, 0.717) is 16.9 Å². The van der Waals surface area contributed by atoms with Crippen molar-refractivity contribution in [1.29, 1.82) is 0 Å². The molecule has 0 heterocycles. The summed E-state index contributed by atoms with van der Waals surface area (Å²) in [5, 5.41) is 0. The molecule has 0 saturated heterocycles. The molecule has 7 heteroatoms. The first kappa shape index (κ1) is 27.3. The number of carbonyl (C=O) groups excluding carboxylic acids is 4. The summed E-state index contributed by atoms with van der Waals surface area (Å²) in [5.74, 6) is -1.35. The number of allylic oxidation sites excluding steroid dienone is 1. The quantitative estimate of drug-likeness (QED) is 0.176. The van der Waals surface area contributed by atoms with Gasteiger partial charge in [-0.3, -0.25) is 9.59 Å². The van der Waals surface area contributed by atoms with E-state index in [9.17, 15) is 19.2 Å². The molecule has 0 amide bonds. The van der Waals surface area contributed by atoms with Gasteiger partial charge >= 0.3 is 17.9 Å². The predicted octanol–water partition coefficient (Wildman–Crippen LogP) is 5.79. The highest BCUT2D eigenvalue weighted by molar-refractivity contribution is 6.07. The molecule has 0 spiro atoms. The molecule has 7 nitrogen and oxygen atoms in total. The molecule has 1 saturated carbocycles. The normalized spacial score (nSPS) is 13.5. The summed E-state index contributed by atoms with van der Waals surface area (Å²) in [4.78, 5) is 48.4. The van der Waals surface area contributed by atoms with Crippen molar-refractivity contribution in [3.05, 3.63) is 90.0 Å². The van der Waals surface area contributed by atoms with Crippen molar-refractivity contribution in [3.63, 3.8) is 0 Å². The third-order valence-corrected chi connectivity index (χ3v) is 5.71. The van der Waals surface area contributed by atoms with Crippen LogP contribution in [0.25, 0.3) is 6.08 Å². The van der Waals surface area contributed by atoms with Gasteiger partial charge in [-0.2, -0.15) is 0 Å². The lowest BCUT2D eigenvalue weighted by Gasteiger charge is -2.21. The monoisotopic (exact) mass is 502 g/mol. The molecule has 0 radical (unpaired) electrons. The van der Waals surface area contributed by atoms with Gasteiger partial charge in [0.2, 0.25) is 0 Å². The maximum Gasteiger partial charge on any atom is 0.339 e. The second-order valence-electron chi connectivity index (χ2n) is 8.88. The topological polar surface area (TPSA) is 96.0 Å². The van der Waals surface area contributed by atoms with Gasteiger partial charge in [0.1, 0.15) is 17.6 Å². The molecule has 1 aliphatic rings. The fraction of sp³-hybridized carbons (Fsp3) is 0.267. The lowest BCUT2D eigenvalue weighted by Crippen LogP contribution is -2.22. The SMILES string of the molecule is C=C(C)C(=O)Oc1ccc(/C=C/C(=O)c2ccc(OC(=O)C(=C)CC(=O)OC3CCCCC3)cc2)cc1. The summed E-state index contributed by atoms with van der Waals surface area (Å²) in [6.45, 7) is 8.74. The lowest BCUT2D eigenvalue weighted by molar-refractivity contribution is -0.150. The van der Waals surface area contributed by atoms with Crippen LogP contribution in [0.5, 0.6) is 11.5 Å². The third-order valence-electron chi connectivity index (χ3n) is 5.71. The zero-order chi connectivity index (χ0) is 26.8. The molecule has 3 rings (SSSR count). The molecule has 192 valence electrons. The second-order valence-corrected chi connectivity index (χ2v) is 8.88. The maximum absolute atomic E-state index is 12.5. The summed E-state index contributed by atoms with van der Waals surface area (Å²) in [6.07, 6.45) is 7.66. The predicted molar refractivity (Wildman–Crippen MR) is 139 cm³/mol. The molecule has 0 aliphatic heterocycles. The van der Waals surface area contributed by atoms with Crippen molar-refractivity contribution in [3.8, 4) is 11.5 Å². The largest absolute Gasteiger partial charge is 0.462 e. The molecule has 2 aromatic rings. The zero-order valence-electron chi connectivity index (χ0n) is 20.9. The van der Waals surface area contributed by atoms with Crippen molar-refractivity contribution in [2.24, 2.45) is 0 Å². The minimum Gasteiger partial charge on any atom is -0.462 e. The van der Waals surface area contributed by atoms with Gasteiger partial charge in [-0.05, 0) is 80.6 Å². The summed E-state index contributed by atoms with van der Waals surface area (Å²) in [7, 11) is 0. The molecule has 2 aromatic carbocycles. The van der Waals surface area contributed by atoms with Gasteiger partial charge in [-0.1, -0.05) is 37.8 Å². The molecule has 0 atom stereocenters. The number of esters is 3. The minimum atomic E-state index is -0.725. The van der Waals surface area contributed by atoms with Crippen LogP contribution < -0.4 is 9.47 Å². The van der Waals surface area contributed by atoms with Crippen LogP contribution in [0.2, 0.25) is 0 Å². The van der Waals surface area contributed by atoms with Crippen LogP contribution in [0.1, 0.15) is 61.4 Å². The first-order valence-corrected chi connectivity index (χ1v) is 12.1. The molecule has 0 bridgehead atoms. The first-order chi connectivity index (χ1) is 17.7. The number of ether oxygens (including phenoxy) is 3. The molecular weight excluding hydrogens is 472 g/mol. The summed E-state index contributed by atoms with van der Waals surface area (Å²) >= 11 is 0. The van der Waals surface area contributed by atoms with E-state index in [1.165, 1.54) is 30.3 Å². The highest BCUT2D eigenvalue weighted by Gasteiger charge is 2.20. The lowest BCUT2D eigenvalue weighted by atomic mass is 9.98. The molecule has 1 aliphatic carbocycles. The summed E-state index contributed by atoms with van der Waals surface area (Å²) in [5.41, 5.74) is 1.45. The van der Waals surface area contributed by atoms with Gasteiger partial charge in [0, 0.05) is 16.7 Å². The Hall–Kier alpha value is -4.26. The Kier molecular flexibility index (Phi) is 9.72. The second kappa shape index (κ2) is 13.2. The zero-order valence-corrected chi connectivity index (χ0v) is 20.9. The van der Waals surface area contributed by atoms with Crippen molar-refractivity contribution in [2.45, 2.75) is 51.6 Å². The Morgan fingerprint density at radius 2 is 1.41 bits per heavy atom. The summed E-state index contributed by atoms with van der Waals surface area (Å²) < 4.78 is 15.8. The van der Waals surface area contributed by atoms with Gasteiger partial charge in [0.25, 0.3) is 0 Å². The summed E-state index contributed by atoms with van der Waals surface area (Å²) in [6, 6.07) is 12.7. The number of ketones is 1. The number of hydrogen-bond donors (Lipinski definition) is 0. The fourth-order valence-corrected chi connectivity index (χ4v) is 3.63. The van der Waals surface area contributed by atoms with Crippen LogP contribution in [0.4, 0.5) is 0 Å². The Morgan fingerprint density at radius 3 is 2.00 bits per heavy atom. The number of carbonyl (C=O) groups is 4. The van der Waals surface area contributed by atoms with Gasteiger partial charge in [-0.25, -0.2) is 9.59 Å². The van der Waals surface area contributed by atoms with Crippen LogP contribution in [-0.4, -0.2) is 29.8 Å². The molecule has 1 fully saturated rings. The number of benzene rings is 2. The molecule has 0 aromatic heterocycles. The van der Waals surface area contributed by atoms with E-state index < -0.39 is 17.9 Å². The highest BCUT2D eigenvalue weighted by Crippen LogP contribution is 2.22. The first-order valence-electron chi connectivity index (χ1n) is 12.1. The van der Waals surface area contributed by atoms with Crippen molar-refractivity contribution >= 4 is 29.8 Å². The third kappa shape index (κ3) is 8.72. The van der Waals surface area contributed by atoms with Crippen LogP contribution in [0, 0.1) is 0 Å². The highest BCUT2D eigenvalue weighted by atomic mass is 16.5. The van der Waals surface area contributed by atoms with Gasteiger partial charge in [-0.15, -0.1) is 0 Å². The Bertz CT molecular complexity index is 1200. The molecule has 0 unspecified atom stereocenters. The molecule has 37 heavy (non-hydrogen) atoms. The minimum absolute atomic E-state index is 0.00399. The van der Waals surface area contributed by atoms with Gasteiger partial charge < -0.3 is 14.2 Å². The Labute approximate surface area is 216 Å². The van der Waals surface area contributed by atoms with Crippen LogP contribution in [0.15, 0.2) is 78.9 Å². The fourth-order valence-electron chi connectivity index (χ4n) is 3.63. The van der Waals surface area contributed by atoms with E-state index in [2.05, 4.69) is 13.2 Å².